The van der Waals surface area contributed by atoms with Gasteiger partial charge in [0.1, 0.15) is 11.5 Å². The van der Waals surface area contributed by atoms with Gasteiger partial charge >= 0.3 is 0 Å². The normalized spacial score (nSPS) is 12.6. The first-order valence-electron chi connectivity index (χ1n) is 5.52. The molecule has 0 amide bonds. The Labute approximate surface area is 106 Å². The molecule has 2 aromatic rings. The highest BCUT2D eigenvalue weighted by atomic mass is 35.5. The van der Waals surface area contributed by atoms with Crippen molar-refractivity contribution in [1.82, 2.24) is 10.3 Å². The van der Waals surface area contributed by atoms with E-state index >= 15 is 0 Å². The van der Waals surface area contributed by atoms with E-state index in [1.165, 1.54) is 0 Å². The van der Waals surface area contributed by atoms with Crippen LogP contribution >= 0.6 is 11.6 Å². The van der Waals surface area contributed by atoms with Gasteiger partial charge in [-0.3, -0.25) is 4.98 Å². The third kappa shape index (κ3) is 2.87. The van der Waals surface area contributed by atoms with Gasteiger partial charge in [0.15, 0.2) is 0 Å². The maximum absolute atomic E-state index is 6.10. The van der Waals surface area contributed by atoms with Crippen LogP contribution in [-0.2, 0) is 6.42 Å². The Hall–Kier alpha value is -1.32. The van der Waals surface area contributed by atoms with Crippen LogP contribution < -0.4 is 5.32 Å². The lowest BCUT2D eigenvalue weighted by Gasteiger charge is -2.14. The Kier molecular flexibility index (Phi) is 3.82. The second-order valence-corrected chi connectivity index (χ2v) is 4.37. The maximum atomic E-state index is 6.10. The molecule has 0 fully saturated rings. The van der Waals surface area contributed by atoms with Crippen molar-refractivity contribution < 1.29 is 4.42 Å². The van der Waals surface area contributed by atoms with Gasteiger partial charge in [-0.25, -0.2) is 0 Å². The van der Waals surface area contributed by atoms with E-state index in [1.54, 1.807) is 12.4 Å². The molecule has 1 unspecified atom stereocenters. The Morgan fingerprint density at radius 2 is 2.24 bits per heavy atom. The fourth-order valence-electron chi connectivity index (χ4n) is 1.78. The highest BCUT2D eigenvalue weighted by Gasteiger charge is 2.15. The number of aryl methyl sites for hydroxylation is 1. The molecule has 0 aliphatic heterocycles. The van der Waals surface area contributed by atoms with Crippen molar-refractivity contribution in [1.29, 1.82) is 0 Å². The van der Waals surface area contributed by atoms with E-state index in [-0.39, 0.29) is 6.04 Å². The summed E-state index contributed by atoms with van der Waals surface area (Å²) in [5.41, 5.74) is 1.06. The Morgan fingerprint density at radius 1 is 1.41 bits per heavy atom. The monoisotopic (exact) mass is 250 g/mol. The van der Waals surface area contributed by atoms with Gasteiger partial charge in [-0.1, -0.05) is 11.6 Å². The van der Waals surface area contributed by atoms with Crippen molar-refractivity contribution in [3.05, 3.63) is 52.7 Å². The summed E-state index contributed by atoms with van der Waals surface area (Å²) in [4.78, 5) is 3.98. The van der Waals surface area contributed by atoms with Crippen LogP contribution in [0.1, 0.15) is 23.1 Å². The molecule has 2 aromatic heterocycles. The first-order chi connectivity index (χ1) is 8.20. The van der Waals surface area contributed by atoms with E-state index in [0.29, 0.717) is 5.02 Å². The number of halogens is 1. The predicted octanol–water partition coefficient (Wildman–Crippen LogP) is 3.14. The second kappa shape index (κ2) is 5.34. The lowest BCUT2D eigenvalue weighted by atomic mass is 10.1. The van der Waals surface area contributed by atoms with Crippen molar-refractivity contribution in [2.24, 2.45) is 0 Å². The van der Waals surface area contributed by atoms with Gasteiger partial charge in [0.2, 0.25) is 0 Å². The molecule has 0 saturated heterocycles. The average molecular weight is 251 g/mol. The van der Waals surface area contributed by atoms with Gasteiger partial charge in [-0.15, -0.1) is 0 Å². The summed E-state index contributed by atoms with van der Waals surface area (Å²) in [5.74, 6) is 1.85. The Balaban J connectivity index is 2.18. The zero-order valence-corrected chi connectivity index (χ0v) is 10.7. The Bertz CT molecular complexity index is 496. The standard InChI is InChI=1S/C13H15ClN2O/c1-9-3-4-13(17-9)12(15-2)7-10-5-6-16-8-11(10)14/h3-6,8,12,15H,7H2,1-2H3. The van der Waals surface area contributed by atoms with E-state index in [9.17, 15) is 0 Å². The molecule has 2 rings (SSSR count). The number of hydrogen-bond donors (Lipinski definition) is 1. The molecule has 2 heterocycles. The third-order valence-electron chi connectivity index (χ3n) is 2.73. The van der Waals surface area contributed by atoms with Crippen molar-refractivity contribution in [3.8, 4) is 0 Å². The predicted molar refractivity (Wildman–Crippen MR) is 68.2 cm³/mol. The third-order valence-corrected chi connectivity index (χ3v) is 3.07. The fraction of sp³-hybridized carbons (Fsp3) is 0.308. The molecule has 1 N–H and O–H groups in total. The van der Waals surface area contributed by atoms with Crippen LogP contribution in [0.15, 0.2) is 35.0 Å². The van der Waals surface area contributed by atoms with Crippen molar-refractivity contribution in [2.75, 3.05) is 7.05 Å². The molecule has 90 valence electrons. The topological polar surface area (TPSA) is 38.1 Å². The summed E-state index contributed by atoms with van der Waals surface area (Å²) >= 11 is 6.10. The molecule has 1 atom stereocenters. The molecule has 0 aliphatic carbocycles. The minimum absolute atomic E-state index is 0.128. The van der Waals surface area contributed by atoms with Gasteiger partial charge < -0.3 is 9.73 Å². The van der Waals surface area contributed by atoms with Crippen molar-refractivity contribution in [3.63, 3.8) is 0 Å². The molecular formula is C13H15ClN2O. The largest absolute Gasteiger partial charge is 0.465 e. The SMILES string of the molecule is CNC(Cc1ccncc1Cl)c1ccc(C)o1. The van der Waals surface area contributed by atoms with Gasteiger partial charge in [0, 0.05) is 12.4 Å². The number of hydrogen-bond acceptors (Lipinski definition) is 3. The first-order valence-corrected chi connectivity index (χ1v) is 5.90. The number of aromatic nitrogens is 1. The van der Waals surface area contributed by atoms with Gasteiger partial charge in [-0.2, -0.15) is 0 Å². The summed E-state index contributed by atoms with van der Waals surface area (Å²) in [5, 5.41) is 3.93. The molecule has 17 heavy (non-hydrogen) atoms. The van der Waals surface area contributed by atoms with Crippen molar-refractivity contribution in [2.45, 2.75) is 19.4 Å². The van der Waals surface area contributed by atoms with Gasteiger partial charge in [0.05, 0.1) is 11.1 Å². The van der Waals surface area contributed by atoms with E-state index in [1.807, 2.05) is 32.2 Å². The highest BCUT2D eigenvalue weighted by Crippen LogP contribution is 2.23. The highest BCUT2D eigenvalue weighted by molar-refractivity contribution is 6.31. The molecule has 0 aromatic carbocycles. The summed E-state index contributed by atoms with van der Waals surface area (Å²) in [6.07, 6.45) is 4.20. The molecular weight excluding hydrogens is 236 g/mol. The summed E-state index contributed by atoms with van der Waals surface area (Å²) in [7, 11) is 1.91. The number of pyridine rings is 1. The zero-order valence-electron chi connectivity index (χ0n) is 9.90. The molecule has 0 radical (unpaired) electrons. The number of nitrogens with zero attached hydrogens (tertiary/aromatic N) is 1. The minimum atomic E-state index is 0.128. The number of furan rings is 1. The lowest BCUT2D eigenvalue weighted by molar-refractivity contribution is 0.414. The smallest absolute Gasteiger partial charge is 0.121 e. The van der Waals surface area contributed by atoms with E-state index < -0.39 is 0 Å². The quantitative estimate of drug-likeness (QED) is 0.906. The van der Waals surface area contributed by atoms with Gasteiger partial charge in [0.25, 0.3) is 0 Å². The van der Waals surface area contributed by atoms with Gasteiger partial charge in [-0.05, 0) is 44.2 Å². The summed E-state index contributed by atoms with van der Waals surface area (Å²) in [6.45, 7) is 1.94. The molecule has 0 aliphatic rings. The van der Waals surface area contributed by atoms with E-state index in [4.69, 9.17) is 16.0 Å². The van der Waals surface area contributed by atoms with Crippen molar-refractivity contribution >= 4 is 11.6 Å². The molecule has 0 saturated carbocycles. The summed E-state index contributed by atoms with van der Waals surface area (Å²) < 4.78 is 5.63. The number of rotatable bonds is 4. The van der Waals surface area contributed by atoms with E-state index in [2.05, 4.69) is 10.3 Å². The maximum Gasteiger partial charge on any atom is 0.121 e. The Morgan fingerprint density at radius 3 is 2.82 bits per heavy atom. The molecule has 3 nitrogen and oxygen atoms in total. The second-order valence-electron chi connectivity index (χ2n) is 3.96. The van der Waals surface area contributed by atoms with Crippen LogP contribution in [0.5, 0.6) is 0 Å². The number of nitrogens with one attached hydrogen (secondary N) is 1. The molecule has 0 bridgehead atoms. The average Bonchev–Trinajstić information content (AvgIpc) is 2.75. The summed E-state index contributed by atoms with van der Waals surface area (Å²) in [6, 6.07) is 6.02. The molecule has 0 spiro atoms. The van der Waals surface area contributed by atoms with Crippen LogP contribution in [0, 0.1) is 6.92 Å². The zero-order chi connectivity index (χ0) is 12.3. The minimum Gasteiger partial charge on any atom is -0.465 e. The first kappa shape index (κ1) is 12.1. The lowest BCUT2D eigenvalue weighted by Crippen LogP contribution is -2.18. The van der Waals surface area contributed by atoms with Crippen LogP contribution in [0.2, 0.25) is 5.02 Å². The van der Waals surface area contributed by atoms with Crippen LogP contribution in [0.4, 0.5) is 0 Å². The number of likely N-dealkylation sites (N-methyl/N-ethyl adjacent to an activating group) is 1. The van der Waals surface area contributed by atoms with E-state index in [0.717, 1.165) is 23.5 Å². The van der Waals surface area contributed by atoms with Crippen LogP contribution in [0.25, 0.3) is 0 Å². The van der Waals surface area contributed by atoms with Crippen LogP contribution in [-0.4, -0.2) is 12.0 Å². The fourth-order valence-corrected chi connectivity index (χ4v) is 1.97. The van der Waals surface area contributed by atoms with Crippen LogP contribution in [0.3, 0.4) is 0 Å². The molecule has 4 heteroatoms.